The summed E-state index contributed by atoms with van der Waals surface area (Å²) in [5, 5.41) is 3.19. The van der Waals surface area contributed by atoms with E-state index < -0.39 is 10.0 Å². The van der Waals surface area contributed by atoms with E-state index in [1.54, 1.807) is 24.3 Å². The van der Waals surface area contributed by atoms with Gasteiger partial charge in [-0.1, -0.05) is 30.3 Å². The molecule has 0 fully saturated rings. The van der Waals surface area contributed by atoms with Crippen LogP contribution in [0.15, 0.2) is 77.8 Å². The second-order valence-corrected chi connectivity index (χ2v) is 7.23. The number of methoxy groups -OCH3 is 1. The van der Waals surface area contributed by atoms with Crippen molar-refractivity contribution in [2.75, 3.05) is 17.1 Å². The van der Waals surface area contributed by atoms with Crippen molar-refractivity contribution < 1.29 is 13.2 Å². The van der Waals surface area contributed by atoms with Crippen molar-refractivity contribution in [2.24, 2.45) is 0 Å². The van der Waals surface area contributed by atoms with Gasteiger partial charge < -0.3 is 10.1 Å². The number of sulfonamides is 1. The zero-order chi connectivity index (χ0) is 18.4. The predicted octanol–water partition coefficient (Wildman–Crippen LogP) is 3.50. The van der Waals surface area contributed by atoms with Crippen molar-refractivity contribution in [1.29, 1.82) is 0 Å². The van der Waals surface area contributed by atoms with E-state index in [9.17, 15) is 8.42 Å². The van der Waals surface area contributed by atoms with Crippen LogP contribution in [0.1, 0.15) is 5.56 Å². The zero-order valence-corrected chi connectivity index (χ0v) is 15.0. The first-order valence-electron chi connectivity index (χ1n) is 7.97. The molecule has 0 saturated carbocycles. The second-order valence-electron chi connectivity index (χ2n) is 5.55. The number of nitrogens with one attached hydrogen (secondary N) is 2. The Balaban J connectivity index is 1.64. The fourth-order valence-electron chi connectivity index (χ4n) is 2.32. The van der Waals surface area contributed by atoms with Crippen molar-refractivity contribution >= 4 is 21.5 Å². The molecule has 0 bridgehead atoms. The average molecular weight is 369 g/mol. The van der Waals surface area contributed by atoms with Crippen molar-refractivity contribution in [1.82, 2.24) is 4.98 Å². The molecule has 0 radical (unpaired) electrons. The SMILES string of the molecule is COc1ccc(S(=O)(=O)Nc2ccc(NCc3ccccc3)nc2)cc1. The number of anilines is 2. The van der Waals surface area contributed by atoms with Gasteiger partial charge >= 0.3 is 0 Å². The van der Waals surface area contributed by atoms with Crippen molar-refractivity contribution in [3.63, 3.8) is 0 Å². The second kappa shape index (κ2) is 7.88. The normalized spacial score (nSPS) is 11.0. The third kappa shape index (κ3) is 4.52. The van der Waals surface area contributed by atoms with Crippen molar-refractivity contribution in [2.45, 2.75) is 11.4 Å². The lowest BCUT2D eigenvalue weighted by atomic mass is 10.2. The maximum atomic E-state index is 12.4. The topological polar surface area (TPSA) is 80.3 Å². The van der Waals surface area contributed by atoms with E-state index in [-0.39, 0.29) is 4.90 Å². The summed E-state index contributed by atoms with van der Waals surface area (Å²) in [5.41, 5.74) is 1.53. The van der Waals surface area contributed by atoms with Crippen molar-refractivity contribution in [3.05, 3.63) is 78.5 Å². The molecule has 0 aliphatic rings. The molecule has 26 heavy (non-hydrogen) atoms. The Labute approximate surface area is 152 Å². The van der Waals surface area contributed by atoms with Gasteiger partial charge in [0.15, 0.2) is 0 Å². The summed E-state index contributed by atoms with van der Waals surface area (Å²) in [7, 11) is -2.14. The fourth-order valence-corrected chi connectivity index (χ4v) is 3.36. The minimum atomic E-state index is -3.67. The van der Waals surface area contributed by atoms with E-state index in [1.165, 1.54) is 25.4 Å². The van der Waals surface area contributed by atoms with Gasteiger partial charge in [-0.05, 0) is 42.0 Å². The Morgan fingerprint density at radius 1 is 0.962 bits per heavy atom. The van der Waals surface area contributed by atoms with Crippen LogP contribution in [0.5, 0.6) is 5.75 Å². The molecule has 2 N–H and O–H groups in total. The Bertz CT molecular complexity index is 942. The van der Waals surface area contributed by atoms with Crippen LogP contribution in [0.25, 0.3) is 0 Å². The highest BCUT2D eigenvalue weighted by molar-refractivity contribution is 7.92. The van der Waals surface area contributed by atoms with Crippen LogP contribution in [0.4, 0.5) is 11.5 Å². The van der Waals surface area contributed by atoms with Gasteiger partial charge in [0.05, 0.1) is 23.9 Å². The lowest BCUT2D eigenvalue weighted by Gasteiger charge is -2.10. The first-order chi connectivity index (χ1) is 12.6. The number of hydrogen-bond acceptors (Lipinski definition) is 5. The third-order valence-corrected chi connectivity index (χ3v) is 5.10. The number of aromatic nitrogens is 1. The van der Waals surface area contributed by atoms with Crippen LogP contribution in [-0.4, -0.2) is 20.5 Å². The summed E-state index contributed by atoms with van der Waals surface area (Å²) in [6.45, 7) is 0.644. The number of rotatable bonds is 7. The molecule has 6 nitrogen and oxygen atoms in total. The molecule has 1 aromatic heterocycles. The Kier molecular flexibility index (Phi) is 5.38. The van der Waals surface area contributed by atoms with E-state index in [2.05, 4.69) is 15.0 Å². The molecule has 0 aliphatic carbocycles. The lowest BCUT2D eigenvalue weighted by Crippen LogP contribution is -2.13. The summed E-state index contributed by atoms with van der Waals surface area (Å²) in [4.78, 5) is 4.40. The smallest absolute Gasteiger partial charge is 0.261 e. The minimum absolute atomic E-state index is 0.157. The quantitative estimate of drug-likeness (QED) is 0.666. The van der Waals surface area contributed by atoms with E-state index in [4.69, 9.17) is 4.74 Å². The first-order valence-corrected chi connectivity index (χ1v) is 9.46. The van der Waals surface area contributed by atoms with Gasteiger partial charge in [0.25, 0.3) is 10.0 Å². The molecule has 0 aliphatic heterocycles. The molecule has 0 atom stereocenters. The predicted molar refractivity (Wildman–Crippen MR) is 102 cm³/mol. The van der Waals surface area contributed by atoms with Gasteiger partial charge in [0.2, 0.25) is 0 Å². The van der Waals surface area contributed by atoms with Crippen LogP contribution in [0.3, 0.4) is 0 Å². The van der Waals surface area contributed by atoms with Gasteiger partial charge in [-0.15, -0.1) is 0 Å². The van der Waals surface area contributed by atoms with Gasteiger partial charge in [-0.2, -0.15) is 0 Å². The average Bonchev–Trinajstić information content (AvgIpc) is 2.68. The highest BCUT2D eigenvalue weighted by atomic mass is 32.2. The van der Waals surface area contributed by atoms with Crippen LogP contribution in [0, 0.1) is 0 Å². The molecule has 134 valence electrons. The molecule has 0 unspecified atom stereocenters. The minimum Gasteiger partial charge on any atom is -0.497 e. The molecule has 1 heterocycles. The maximum Gasteiger partial charge on any atom is 0.261 e. The molecular weight excluding hydrogens is 350 g/mol. The van der Waals surface area contributed by atoms with E-state index >= 15 is 0 Å². The first kappa shape index (κ1) is 17.8. The highest BCUT2D eigenvalue weighted by Crippen LogP contribution is 2.19. The van der Waals surface area contributed by atoms with Crippen LogP contribution in [-0.2, 0) is 16.6 Å². The number of pyridine rings is 1. The summed E-state index contributed by atoms with van der Waals surface area (Å²) < 4.78 is 32.4. The van der Waals surface area contributed by atoms with Gasteiger partial charge in [0.1, 0.15) is 11.6 Å². The Hall–Kier alpha value is -3.06. The molecular formula is C19H19N3O3S. The molecule has 0 amide bonds. The monoisotopic (exact) mass is 369 g/mol. The van der Waals surface area contributed by atoms with Crippen molar-refractivity contribution in [3.8, 4) is 5.75 Å². The van der Waals surface area contributed by atoms with Crippen LogP contribution >= 0.6 is 0 Å². The van der Waals surface area contributed by atoms with E-state index in [0.29, 0.717) is 23.8 Å². The summed E-state index contributed by atoms with van der Waals surface area (Å²) in [6.07, 6.45) is 1.48. The lowest BCUT2D eigenvalue weighted by molar-refractivity contribution is 0.414. The summed E-state index contributed by atoms with van der Waals surface area (Å²) in [6, 6.07) is 19.5. The van der Waals surface area contributed by atoms with Crippen LogP contribution < -0.4 is 14.8 Å². The Morgan fingerprint density at radius 2 is 1.69 bits per heavy atom. The van der Waals surface area contributed by atoms with E-state index in [1.807, 2.05) is 30.3 Å². The number of hydrogen-bond donors (Lipinski definition) is 2. The maximum absolute atomic E-state index is 12.4. The van der Waals surface area contributed by atoms with Gasteiger partial charge in [-0.25, -0.2) is 13.4 Å². The highest BCUT2D eigenvalue weighted by Gasteiger charge is 2.14. The van der Waals surface area contributed by atoms with Gasteiger partial charge in [0, 0.05) is 6.54 Å². The standard InChI is InChI=1S/C19H19N3O3S/c1-25-17-8-10-18(11-9-17)26(23,24)22-16-7-12-19(21-14-16)20-13-15-5-3-2-4-6-15/h2-12,14,22H,13H2,1H3,(H,20,21). The van der Waals surface area contributed by atoms with E-state index in [0.717, 1.165) is 5.56 Å². The molecule has 3 rings (SSSR count). The summed E-state index contributed by atoms with van der Waals surface area (Å²) in [5.74, 6) is 1.26. The molecule has 2 aromatic carbocycles. The third-order valence-electron chi connectivity index (χ3n) is 3.70. The Morgan fingerprint density at radius 3 is 2.31 bits per heavy atom. The molecule has 7 heteroatoms. The van der Waals surface area contributed by atoms with Crippen LogP contribution in [0.2, 0.25) is 0 Å². The van der Waals surface area contributed by atoms with Gasteiger partial charge in [-0.3, -0.25) is 4.72 Å². The summed E-state index contributed by atoms with van der Waals surface area (Å²) >= 11 is 0. The number of nitrogens with zero attached hydrogens (tertiary/aromatic N) is 1. The zero-order valence-electron chi connectivity index (χ0n) is 14.2. The molecule has 0 spiro atoms. The fraction of sp³-hybridized carbons (Fsp3) is 0.105. The number of benzene rings is 2. The largest absolute Gasteiger partial charge is 0.497 e. The molecule has 0 saturated heterocycles. The molecule has 3 aromatic rings. The number of ether oxygens (including phenoxy) is 1.